The van der Waals surface area contributed by atoms with Crippen LogP contribution in [-0.2, 0) is 14.8 Å². The maximum absolute atomic E-state index is 12.7. The molecule has 5 nitrogen and oxygen atoms in total. The molecule has 3 saturated carbocycles. The van der Waals surface area contributed by atoms with E-state index in [1.807, 2.05) is 4.90 Å². The Hall–Kier alpha value is -0.620. The Balaban J connectivity index is 1.30. The van der Waals surface area contributed by atoms with Crippen LogP contribution in [0.1, 0.15) is 39.0 Å². The van der Waals surface area contributed by atoms with E-state index in [4.69, 9.17) is 0 Å². The average Bonchev–Trinajstić information content (AvgIpc) is 2.94. The summed E-state index contributed by atoms with van der Waals surface area (Å²) in [6, 6.07) is 0.00360. The van der Waals surface area contributed by atoms with Gasteiger partial charge in [0.25, 0.3) is 0 Å². The number of rotatable bonds is 4. The van der Waals surface area contributed by atoms with E-state index in [9.17, 15) is 13.2 Å². The second-order valence-corrected chi connectivity index (χ2v) is 9.68. The van der Waals surface area contributed by atoms with Crippen molar-refractivity contribution < 1.29 is 13.2 Å². The van der Waals surface area contributed by atoms with E-state index < -0.39 is 10.0 Å². The number of fused-ring (bicyclic) bond motifs is 5. The highest BCUT2D eigenvalue weighted by molar-refractivity contribution is 7.89. The summed E-state index contributed by atoms with van der Waals surface area (Å²) in [5.74, 6) is 3.86. The number of carbonyl (C=O) groups is 1. The summed E-state index contributed by atoms with van der Waals surface area (Å²) in [6.45, 7) is 3.07. The summed E-state index contributed by atoms with van der Waals surface area (Å²) < 4.78 is 26.0. The normalized spacial score (nSPS) is 40.8. The van der Waals surface area contributed by atoms with Gasteiger partial charge in [-0.15, -0.1) is 0 Å². The molecule has 1 heterocycles. The predicted molar refractivity (Wildman–Crippen MR) is 83.5 cm³/mol. The van der Waals surface area contributed by atoms with E-state index in [0.717, 1.165) is 24.7 Å². The van der Waals surface area contributed by atoms with E-state index in [1.54, 1.807) is 6.92 Å². The van der Waals surface area contributed by atoms with Gasteiger partial charge in [-0.25, -0.2) is 13.1 Å². The topological polar surface area (TPSA) is 66.5 Å². The molecule has 0 unspecified atom stereocenters. The lowest BCUT2D eigenvalue weighted by atomic mass is 10.00. The number of nitrogens with one attached hydrogen (secondary N) is 1. The summed E-state index contributed by atoms with van der Waals surface area (Å²) >= 11 is 0. The zero-order chi connectivity index (χ0) is 15.5. The van der Waals surface area contributed by atoms with Crippen LogP contribution in [-0.4, -0.2) is 44.1 Å². The fourth-order valence-electron chi connectivity index (χ4n) is 5.42. The van der Waals surface area contributed by atoms with Crippen molar-refractivity contribution in [1.29, 1.82) is 0 Å². The smallest absolute Gasteiger partial charge is 0.226 e. The molecule has 0 aromatic rings. The SMILES string of the molecule is CCS(=O)(=O)NC1CCN(C(=O)C2[C@@H]3[C@H]4CC[C@@H](C4)[C@@H]23)CC1. The van der Waals surface area contributed by atoms with Crippen molar-refractivity contribution in [3.8, 4) is 0 Å². The number of amides is 1. The number of hydrogen-bond donors (Lipinski definition) is 1. The van der Waals surface area contributed by atoms with Crippen molar-refractivity contribution in [1.82, 2.24) is 9.62 Å². The molecule has 4 aliphatic rings. The Morgan fingerprint density at radius 2 is 1.68 bits per heavy atom. The Bertz CT molecular complexity index is 552. The monoisotopic (exact) mass is 326 g/mol. The molecular formula is C16H26N2O3S. The summed E-state index contributed by atoms with van der Waals surface area (Å²) in [6.07, 6.45) is 5.56. The molecule has 1 saturated heterocycles. The molecule has 1 N–H and O–H groups in total. The molecule has 6 heteroatoms. The quantitative estimate of drug-likeness (QED) is 0.844. The summed E-state index contributed by atoms with van der Waals surface area (Å²) in [7, 11) is -3.13. The number of piperidine rings is 1. The molecule has 124 valence electrons. The van der Waals surface area contributed by atoms with Crippen LogP contribution in [0.3, 0.4) is 0 Å². The van der Waals surface area contributed by atoms with Gasteiger partial charge in [0.2, 0.25) is 15.9 Å². The van der Waals surface area contributed by atoms with E-state index in [0.29, 0.717) is 36.8 Å². The second kappa shape index (κ2) is 5.20. The fourth-order valence-corrected chi connectivity index (χ4v) is 6.33. The highest BCUT2D eigenvalue weighted by Crippen LogP contribution is 2.69. The van der Waals surface area contributed by atoms with E-state index in [2.05, 4.69) is 4.72 Å². The summed E-state index contributed by atoms with van der Waals surface area (Å²) in [4.78, 5) is 14.7. The lowest BCUT2D eigenvalue weighted by Gasteiger charge is -2.33. The highest BCUT2D eigenvalue weighted by Gasteiger charge is 2.67. The van der Waals surface area contributed by atoms with Crippen LogP contribution in [0.5, 0.6) is 0 Å². The van der Waals surface area contributed by atoms with Crippen molar-refractivity contribution in [2.45, 2.75) is 45.1 Å². The Morgan fingerprint density at radius 3 is 2.23 bits per heavy atom. The van der Waals surface area contributed by atoms with Crippen LogP contribution >= 0.6 is 0 Å². The summed E-state index contributed by atoms with van der Waals surface area (Å²) in [5.41, 5.74) is 0. The molecule has 0 spiro atoms. The van der Waals surface area contributed by atoms with Gasteiger partial charge >= 0.3 is 0 Å². The van der Waals surface area contributed by atoms with Crippen LogP contribution < -0.4 is 4.72 Å². The number of hydrogen-bond acceptors (Lipinski definition) is 3. The minimum Gasteiger partial charge on any atom is -0.342 e. The maximum atomic E-state index is 12.7. The average molecular weight is 326 g/mol. The first-order valence-corrected chi connectivity index (χ1v) is 10.4. The highest BCUT2D eigenvalue weighted by atomic mass is 32.2. The van der Waals surface area contributed by atoms with Crippen LogP contribution in [0.4, 0.5) is 0 Å². The Labute approximate surface area is 132 Å². The van der Waals surface area contributed by atoms with Crippen LogP contribution in [0.25, 0.3) is 0 Å². The number of likely N-dealkylation sites (tertiary alicyclic amines) is 1. The standard InChI is InChI=1S/C16H26N2O3S/c1-2-22(20,21)17-12-5-7-18(8-6-12)16(19)15-13-10-3-4-11(9-10)14(13)15/h10-15,17H,2-9H2,1H3/t10-,11-,13+,14+/m0/s1. The van der Waals surface area contributed by atoms with E-state index >= 15 is 0 Å². The molecule has 0 radical (unpaired) electrons. The first-order valence-electron chi connectivity index (χ1n) is 8.79. The molecule has 4 fully saturated rings. The maximum Gasteiger partial charge on any atom is 0.226 e. The number of sulfonamides is 1. The van der Waals surface area contributed by atoms with E-state index in [-0.39, 0.29) is 11.8 Å². The van der Waals surface area contributed by atoms with Gasteiger partial charge in [-0.2, -0.15) is 0 Å². The largest absolute Gasteiger partial charge is 0.342 e. The van der Waals surface area contributed by atoms with Gasteiger partial charge in [-0.05, 0) is 62.7 Å². The summed E-state index contributed by atoms with van der Waals surface area (Å²) in [5, 5.41) is 0. The Kier molecular flexibility index (Phi) is 3.53. The van der Waals surface area contributed by atoms with Gasteiger partial charge in [-0.1, -0.05) is 0 Å². The van der Waals surface area contributed by atoms with Crippen molar-refractivity contribution >= 4 is 15.9 Å². The lowest BCUT2D eigenvalue weighted by Crippen LogP contribution is -2.47. The third-order valence-electron chi connectivity index (χ3n) is 6.55. The zero-order valence-corrected chi connectivity index (χ0v) is 14.0. The third-order valence-corrected chi connectivity index (χ3v) is 8.01. The van der Waals surface area contributed by atoms with Crippen molar-refractivity contribution in [2.24, 2.45) is 29.6 Å². The van der Waals surface area contributed by atoms with Crippen molar-refractivity contribution in [3.63, 3.8) is 0 Å². The molecule has 4 rings (SSSR count). The minimum atomic E-state index is -3.13. The van der Waals surface area contributed by atoms with Crippen molar-refractivity contribution in [2.75, 3.05) is 18.8 Å². The molecule has 3 aliphatic carbocycles. The zero-order valence-electron chi connectivity index (χ0n) is 13.2. The van der Waals surface area contributed by atoms with Gasteiger partial charge in [0, 0.05) is 25.0 Å². The van der Waals surface area contributed by atoms with Gasteiger partial charge < -0.3 is 4.90 Å². The van der Waals surface area contributed by atoms with E-state index in [1.165, 1.54) is 19.3 Å². The fraction of sp³-hybridized carbons (Fsp3) is 0.938. The van der Waals surface area contributed by atoms with Crippen LogP contribution in [0.15, 0.2) is 0 Å². The first kappa shape index (κ1) is 14.9. The molecule has 22 heavy (non-hydrogen) atoms. The lowest BCUT2D eigenvalue weighted by molar-refractivity contribution is -0.134. The second-order valence-electron chi connectivity index (χ2n) is 7.63. The third kappa shape index (κ3) is 2.39. The minimum absolute atomic E-state index is 0.00360. The molecule has 2 bridgehead atoms. The molecule has 0 aromatic heterocycles. The number of nitrogens with zero attached hydrogens (tertiary/aromatic N) is 1. The van der Waals surface area contributed by atoms with Gasteiger partial charge in [0.1, 0.15) is 0 Å². The van der Waals surface area contributed by atoms with Crippen LogP contribution in [0.2, 0.25) is 0 Å². The van der Waals surface area contributed by atoms with Gasteiger partial charge in [0.15, 0.2) is 0 Å². The number of carbonyl (C=O) groups excluding carboxylic acids is 1. The molecule has 0 aromatic carbocycles. The first-order chi connectivity index (χ1) is 10.5. The van der Waals surface area contributed by atoms with Crippen LogP contribution in [0, 0.1) is 29.6 Å². The Morgan fingerprint density at radius 1 is 1.09 bits per heavy atom. The predicted octanol–water partition coefficient (Wildman–Crippen LogP) is 1.21. The van der Waals surface area contributed by atoms with Gasteiger partial charge in [0.05, 0.1) is 5.75 Å². The molecule has 1 amide bonds. The molecule has 4 atom stereocenters. The van der Waals surface area contributed by atoms with Gasteiger partial charge in [-0.3, -0.25) is 4.79 Å². The van der Waals surface area contributed by atoms with Crippen molar-refractivity contribution in [3.05, 3.63) is 0 Å². The molecule has 1 aliphatic heterocycles. The molecular weight excluding hydrogens is 300 g/mol.